The SMILES string of the molecule is CCN(N)c1ncnc2c1ccn2C1OC(COP(=O)(NC(C)(C)C(=O)OC2CCC2)Oc2ccc(Cl)cc2)[C@@H](O)[C@@]1(C)OCCN(N)c1ncnc2c1ccn2C1OC(COP(=O)(NC2(C(=O)OC)CC2)Oc2ccc(Cl)cc2)[C@@H](O)[C@@]1(C)O. The van der Waals surface area contributed by atoms with Crippen molar-refractivity contribution in [3.8, 4) is 11.5 Å². The van der Waals surface area contributed by atoms with Crippen LogP contribution in [0.2, 0.25) is 10.0 Å². The number of ether oxygens (including phenoxy) is 5. The van der Waals surface area contributed by atoms with Crippen LogP contribution >= 0.6 is 38.7 Å². The second kappa shape index (κ2) is 24.5. The van der Waals surface area contributed by atoms with Gasteiger partial charge < -0.3 is 57.2 Å². The largest absolute Gasteiger partial charge is 0.468 e. The highest BCUT2D eigenvalue weighted by Crippen LogP contribution is 2.54. The van der Waals surface area contributed by atoms with Crippen molar-refractivity contribution in [1.82, 2.24) is 39.2 Å². The summed E-state index contributed by atoms with van der Waals surface area (Å²) in [6, 6.07) is 15.3. The van der Waals surface area contributed by atoms with Gasteiger partial charge in [0, 0.05) is 29.0 Å². The molecule has 0 amide bonds. The molecule has 0 radical (unpaired) electrons. The molecule has 6 heterocycles. The van der Waals surface area contributed by atoms with Crippen molar-refractivity contribution in [1.29, 1.82) is 0 Å². The van der Waals surface area contributed by atoms with Crippen LogP contribution in [0.1, 0.15) is 79.2 Å². The summed E-state index contributed by atoms with van der Waals surface area (Å²) in [5.74, 6) is 12.6. The molecule has 6 unspecified atom stereocenters. The number of aliphatic hydroxyl groups is 3. The third-order valence-corrected chi connectivity index (χ3v) is 19.3. The Bertz CT molecular complexity index is 3490. The Balaban J connectivity index is 0.866. The zero-order valence-electron chi connectivity index (χ0n) is 47.2. The number of nitrogens with one attached hydrogen (secondary N) is 2. The van der Waals surface area contributed by atoms with Gasteiger partial charge in [-0.15, -0.1) is 0 Å². The van der Waals surface area contributed by atoms with Gasteiger partial charge in [0.1, 0.15) is 88.2 Å². The molecule has 2 aromatic carbocycles. The molecular weight excluding hydrogens is 1190 g/mol. The lowest BCUT2D eigenvalue weighted by Gasteiger charge is -2.34. The maximum atomic E-state index is 14.9. The van der Waals surface area contributed by atoms with Crippen molar-refractivity contribution < 1.29 is 75.8 Å². The molecule has 10 rings (SSSR count). The van der Waals surface area contributed by atoms with Crippen molar-refractivity contribution in [2.45, 2.75) is 132 Å². The molecule has 6 aromatic rings. The van der Waals surface area contributed by atoms with Crippen molar-refractivity contribution in [2.24, 2.45) is 11.7 Å². The van der Waals surface area contributed by atoms with Gasteiger partial charge in [0.25, 0.3) is 0 Å². The number of aromatic nitrogens is 6. The topological polar surface area (TPSA) is 356 Å². The highest BCUT2D eigenvalue weighted by atomic mass is 35.5. The Hall–Kier alpha value is -5.62. The van der Waals surface area contributed by atoms with Gasteiger partial charge in [-0.05, 0) is 127 Å². The molecule has 2 aliphatic carbocycles. The molecule has 0 spiro atoms. The number of carbonyl (C=O) groups excluding carboxylic acids is 2. The summed E-state index contributed by atoms with van der Waals surface area (Å²) in [4.78, 5) is 44.1. The fourth-order valence-electron chi connectivity index (χ4n) is 10.2. The van der Waals surface area contributed by atoms with Gasteiger partial charge in [-0.1, -0.05) is 23.2 Å². The van der Waals surface area contributed by atoms with Gasteiger partial charge in [-0.25, -0.2) is 40.8 Å². The smallest absolute Gasteiger partial charge is 0.459 e. The first-order valence-corrected chi connectivity index (χ1v) is 31.1. The van der Waals surface area contributed by atoms with E-state index in [2.05, 4.69) is 30.1 Å². The summed E-state index contributed by atoms with van der Waals surface area (Å²) in [5, 5.41) is 45.8. The lowest BCUT2D eigenvalue weighted by atomic mass is 9.96. The lowest BCUT2D eigenvalue weighted by Crippen LogP contribution is -2.49. The number of hydrogen-bond donors (Lipinski definition) is 7. The minimum atomic E-state index is -4.55. The maximum Gasteiger partial charge on any atom is 0.459 e. The number of benzene rings is 2. The van der Waals surface area contributed by atoms with Gasteiger partial charge in [-0.2, -0.15) is 10.2 Å². The first-order chi connectivity index (χ1) is 40.3. The minimum absolute atomic E-state index is 0.0653. The van der Waals surface area contributed by atoms with Gasteiger partial charge in [0.05, 0.1) is 44.2 Å². The molecule has 4 fully saturated rings. The van der Waals surface area contributed by atoms with Crippen LogP contribution < -0.4 is 40.9 Å². The molecule has 4 aliphatic rings. The fourth-order valence-corrected chi connectivity index (χ4v) is 13.8. The van der Waals surface area contributed by atoms with Crippen LogP contribution in [-0.2, 0) is 51.5 Å². The number of methoxy groups -OCH3 is 1. The zero-order chi connectivity index (χ0) is 60.9. The van der Waals surface area contributed by atoms with Crippen LogP contribution in [0.5, 0.6) is 11.5 Å². The normalized spacial score (nSPS) is 26.1. The summed E-state index contributed by atoms with van der Waals surface area (Å²) in [5.41, 5.74) is -5.98. The van der Waals surface area contributed by atoms with Crippen LogP contribution in [0.3, 0.4) is 0 Å². The number of rotatable bonds is 26. The zero-order valence-corrected chi connectivity index (χ0v) is 50.5. The second-order valence-electron chi connectivity index (χ2n) is 22.1. The van der Waals surface area contributed by atoms with Crippen LogP contribution in [0.15, 0.2) is 85.7 Å². The quantitative estimate of drug-likeness (QED) is 0.0147. The Morgan fingerprint density at radius 3 is 1.84 bits per heavy atom. The summed E-state index contributed by atoms with van der Waals surface area (Å²) < 4.78 is 86.3. The molecule has 28 nitrogen and oxygen atoms in total. The van der Waals surface area contributed by atoms with Gasteiger partial charge >= 0.3 is 27.4 Å². The van der Waals surface area contributed by atoms with Gasteiger partial charge in [-0.3, -0.25) is 28.7 Å². The van der Waals surface area contributed by atoms with Crippen molar-refractivity contribution in [2.75, 3.05) is 50.0 Å². The van der Waals surface area contributed by atoms with Gasteiger partial charge in [0.2, 0.25) is 0 Å². The third kappa shape index (κ3) is 12.9. The Labute approximate surface area is 498 Å². The van der Waals surface area contributed by atoms with E-state index in [1.54, 1.807) is 36.0 Å². The number of carbonyl (C=O) groups is 2. The average molecular weight is 1260 g/mol. The molecule has 85 heavy (non-hydrogen) atoms. The Morgan fingerprint density at radius 1 is 0.788 bits per heavy atom. The van der Waals surface area contributed by atoms with E-state index in [9.17, 15) is 34.0 Å². The predicted octanol–water partition coefficient (Wildman–Crippen LogP) is 5.77. The lowest BCUT2D eigenvalue weighted by molar-refractivity contribution is -0.159. The van der Waals surface area contributed by atoms with Crippen LogP contribution in [0, 0.1) is 0 Å². The summed E-state index contributed by atoms with van der Waals surface area (Å²) in [6.07, 6.45) is 0.260. The summed E-state index contributed by atoms with van der Waals surface area (Å²) in [7, 11) is -7.77. The molecule has 10 atom stereocenters. The Morgan fingerprint density at radius 2 is 1.31 bits per heavy atom. The highest BCUT2D eigenvalue weighted by Gasteiger charge is 2.59. The number of halogens is 2. The summed E-state index contributed by atoms with van der Waals surface area (Å²) in [6.45, 7) is 6.84. The molecular formula is C53H68Cl2N12O16P2. The number of nitrogens with two attached hydrogens (primary N) is 2. The van der Waals surface area contributed by atoms with E-state index in [1.165, 1.54) is 104 Å². The van der Waals surface area contributed by atoms with E-state index in [-0.39, 0.29) is 55.1 Å². The number of anilines is 2. The van der Waals surface area contributed by atoms with Gasteiger partial charge in [0.15, 0.2) is 24.1 Å². The predicted molar refractivity (Wildman–Crippen MR) is 308 cm³/mol. The Kier molecular flexibility index (Phi) is 18.0. The van der Waals surface area contributed by atoms with Crippen LogP contribution in [0.4, 0.5) is 11.6 Å². The van der Waals surface area contributed by atoms with E-state index in [4.69, 9.17) is 76.7 Å². The fraction of sp³-hybridized carbons (Fsp3) is 0.509. The summed E-state index contributed by atoms with van der Waals surface area (Å²) >= 11 is 12.2. The second-order valence-corrected chi connectivity index (χ2v) is 26.2. The molecule has 4 aromatic heterocycles. The molecule has 0 bridgehead atoms. The molecule has 32 heteroatoms. The third-order valence-electron chi connectivity index (χ3n) is 15.4. The monoisotopic (exact) mass is 1260 g/mol. The van der Waals surface area contributed by atoms with E-state index >= 15 is 0 Å². The number of esters is 2. The average Bonchev–Trinajstić information content (AvgIpc) is 1.68. The number of hydrogen-bond acceptors (Lipinski definition) is 24. The van der Waals surface area contributed by atoms with E-state index in [1.807, 2.05) is 6.92 Å². The maximum absolute atomic E-state index is 14.9. The van der Waals surface area contributed by atoms with E-state index < -0.39 is 99.8 Å². The number of fused-ring (bicyclic) bond motifs is 2. The van der Waals surface area contributed by atoms with Crippen LogP contribution in [0.25, 0.3) is 22.1 Å². The van der Waals surface area contributed by atoms with E-state index in [0.29, 0.717) is 51.7 Å². The molecule has 460 valence electrons. The molecule has 9 N–H and O–H groups in total. The van der Waals surface area contributed by atoms with Crippen LogP contribution in [-0.4, -0.2) is 149 Å². The van der Waals surface area contributed by atoms with Crippen molar-refractivity contribution in [3.63, 3.8) is 0 Å². The molecule has 2 aliphatic heterocycles. The van der Waals surface area contributed by atoms with E-state index in [0.717, 1.165) is 6.42 Å². The standard InChI is InChI=1S/C53H68Cl2N12O16P2/c1-7-66(56)44-36-20-24-65(43(36)59-29-60-44)47-52(5,41(69)39(81-47)28-77-84(73,82-34-15-11-31(54)12-16-34)62-50(2,3)48(70)79-33-9-8-10-33)76-26-25-67(57)45-37-19-23-64(42(37)58-30-61-45)46-51(4,72)40(68)38(80-46)27-78-85(74,63-53(21-22-53)49(71)75-6)83-35-17-13-32(55)14-18-35/h11-20,23-24,29-30,33,38-41,46-47,68-69,72H,7-10,21-22,25-28,56-57H2,1-6H3,(H,62,73)(H,63,74)/t38?,39?,40-,41-,46?,47?,51-,52-,84?,85?/m1/s1. The first kappa shape index (κ1) is 62.4. The molecule has 2 saturated carbocycles. The number of hydrazine groups is 2. The number of nitrogens with zero attached hydrogens (tertiary/aromatic N) is 8. The van der Waals surface area contributed by atoms with Crippen molar-refractivity contribution in [3.05, 3.63) is 95.8 Å². The highest BCUT2D eigenvalue weighted by molar-refractivity contribution is 7.52. The first-order valence-electron chi connectivity index (χ1n) is 27.3. The number of aliphatic hydroxyl groups excluding tert-OH is 2. The molecule has 2 saturated heterocycles. The minimum Gasteiger partial charge on any atom is -0.468 e. The van der Waals surface area contributed by atoms with Crippen molar-refractivity contribution >= 4 is 84.3 Å².